The van der Waals surface area contributed by atoms with Crippen molar-refractivity contribution in [3.8, 4) is 17.2 Å². The van der Waals surface area contributed by atoms with Crippen LogP contribution in [0.4, 0.5) is 0 Å². The molecule has 1 amide bonds. The number of aromatic hydroxyl groups is 1. The molecular formula is C16H13IN2O4. The minimum absolute atomic E-state index is 0.0998. The van der Waals surface area contributed by atoms with Crippen molar-refractivity contribution in [3.05, 3.63) is 51.1 Å². The molecule has 1 aliphatic heterocycles. The lowest BCUT2D eigenvalue weighted by molar-refractivity contribution is 0.0954. The van der Waals surface area contributed by atoms with Crippen LogP contribution in [0.3, 0.4) is 0 Å². The number of phenols is 1. The van der Waals surface area contributed by atoms with E-state index in [0.717, 1.165) is 3.57 Å². The number of hydrazone groups is 1. The molecule has 1 aliphatic rings. The van der Waals surface area contributed by atoms with Crippen molar-refractivity contribution >= 4 is 34.7 Å². The Labute approximate surface area is 146 Å². The van der Waals surface area contributed by atoms with Crippen molar-refractivity contribution in [1.29, 1.82) is 0 Å². The Kier molecular flexibility index (Phi) is 4.65. The second kappa shape index (κ2) is 6.86. The second-order valence-corrected chi connectivity index (χ2v) is 6.01. The highest BCUT2D eigenvalue weighted by atomic mass is 127. The maximum Gasteiger partial charge on any atom is 0.271 e. The summed E-state index contributed by atoms with van der Waals surface area (Å²) in [5.41, 5.74) is 3.36. The van der Waals surface area contributed by atoms with Crippen molar-refractivity contribution in [1.82, 2.24) is 5.43 Å². The first-order valence-corrected chi connectivity index (χ1v) is 7.93. The third-order valence-corrected chi connectivity index (χ3v) is 3.83. The fraction of sp³-hybridized carbons (Fsp3) is 0.125. The number of nitrogens with one attached hydrogen (secondary N) is 1. The zero-order valence-corrected chi connectivity index (χ0v) is 14.1. The van der Waals surface area contributed by atoms with Gasteiger partial charge in [0.25, 0.3) is 5.91 Å². The molecule has 118 valence electrons. The van der Waals surface area contributed by atoms with Crippen LogP contribution in [-0.2, 0) is 0 Å². The Morgan fingerprint density at radius 2 is 1.96 bits per heavy atom. The first kappa shape index (κ1) is 15.6. The molecule has 2 aromatic rings. The molecule has 0 spiro atoms. The molecule has 0 radical (unpaired) electrons. The Hall–Kier alpha value is -2.29. The van der Waals surface area contributed by atoms with Crippen molar-refractivity contribution in [2.24, 2.45) is 5.10 Å². The third kappa shape index (κ3) is 3.73. The highest BCUT2D eigenvalue weighted by molar-refractivity contribution is 14.1. The van der Waals surface area contributed by atoms with E-state index in [-0.39, 0.29) is 11.7 Å². The second-order valence-electron chi connectivity index (χ2n) is 4.76. The fourth-order valence-electron chi connectivity index (χ4n) is 2.04. The van der Waals surface area contributed by atoms with Gasteiger partial charge >= 0.3 is 0 Å². The average Bonchev–Trinajstić information content (AvgIpc) is 2.57. The monoisotopic (exact) mass is 424 g/mol. The number of fused-ring (bicyclic) bond motifs is 1. The molecule has 23 heavy (non-hydrogen) atoms. The molecular weight excluding hydrogens is 411 g/mol. The van der Waals surface area contributed by atoms with E-state index in [1.165, 1.54) is 6.21 Å². The summed E-state index contributed by atoms with van der Waals surface area (Å²) in [6.07, 6.45) is 1.40. The summed E-state index contributed by atoms with van der Waals surface area (Å²) in [6.45, 7) is 0.963. The minimum Gasteiger partial charge on any atom is -0.507 e. The molecule has 1 heterocycles. The van der Waals surface area contributed by atoms with E-state index < -0.39 is 0 Å². The van der Waals surface area contributed by atoms with Crippen molar-refractivity contribution in [3.63, 3.8) is 0 Å². The quantitative estimate of drug-likeness (QED) is 0.451. The van der Waals surface area contributed by atoms with Crippen LogP contribution >= 0.6 is 22.6 Å². The molecule has 3 rings (SSSR count). The van der Waals surface area contributed by atoms with E-state index in [4.69, 9.17) is 9.47 Å². The van der Waals surface area contributed by atoms with Crippen LogP contribution in [0.2, 0.25) is 0 Å². The highest BCUT2D eigenvalue weighted by Gasteiger charge is 2.14. The molecule has 2 aromatic carbocycles. The molecule has 0 aromatic heterocycles. The van der Waals surface area contributed by atoms with Gasteiger partial charge in [0.15, 0.2) is 11.5 Å². The topological polar surface area (TPSA) is 80.2 Å². The number of halogens is 1. The summed E-state index contributed by atoms with van der Waals surface area (Å²) < 4.78 is 11.8. The van der Waals surface area contributed by atoms with Gasteiger partial charge in [-0.05, 0) is 59.0 Å². The Bertz CT molecular complexity index is 777. The molecule has 2 N–H and O–H groups in total. The zero-order valence-electron chi connectivity index (χ0n) is 12.0. The van der Waals surface area contributed by atoms with Crippen molar-refractivity contribution < 1.29 is 19.4 Å². The van der Waals surface area contributed by atoms with Gasteiger partial charge in [-0.3, -0.25) is 4.79 Å². The summed E-state index contributed by atoms with van der Waals surface area (Å²) in [5.74, 6) is 0.898. The lowest BCUT2D eigenvalue weighted by Crippen LogP contribution is -2.19. The molecule has 0 atom stereocenters. The summed E-state index contributed by atoms with van der Waals surface area (Å²) in [7, 11) is 0. The number of phenolic OH excluding ortho intramolecular Hbond substituents is 1. The smallest absolute Gasteiger partial charge is 0.271 e. The maximum atomic E-state index is 12.1. The number of carbonyl (C=O) groups excluding carboxylic acids is 1. The predicted octanol–water partition coefficient (Wildman–Crippen LogP) is 2.53. The number of amides is 1. The minimum atomic E-state index is -0.372. The number of carbonyl (C=O) groups is 1. The van der Waals surface area contributed by atoms with Gasteiger partial charge in [-0.25, -0.2) is 5.43 Å². The van der Waals surface area contributed by atoms with Gasteiger partial charge in [0.2, 0.25) is 0 Å². The summed E-state index contributed by atoms with van der Waals surface area (Å²) in [5, 5.41) is 13.6. The standard InChI is InChI=1S/C16H13IN2O4/c17-12-2-3-13(20)11(7-12)9-18-19-16(21)10-1-4-14-15(8-10)23-6-5-22-14/h1-4,7-9,20H,5-6H2,(H,19,21). The van der Waals surface area contributed by atoms with Crippen LogP contribution in [0, 0.1) is 3.57 Å². The summed E-state index contributed by atoms with van der Waals surface area (Å²) >= 11 is 2.13. The fourth-order valence-corrected chi connectivity index (χ4v) is 2.55. The van der Waals surface area contributed by atoms with Gasteiger partial charge < -0.3 is 14.6 Å². The van der Waals surface area contributed by atoms with Gasteiger partial charge in [0.05, 0.1) is 6.21 Å². The van der Waals surface area contributed by atoms with Gasteiger partial charge in [-0.15, -0.1) is 0 Å². The number of nitrogens with zero attached hydrogens (tertiary/aromatic N) is 1. The van der Waals surface area contributed by atoms with Crippen molar-refractivity contribution in [2.45, 2.75) is 0 Å². The number of benzene rings is 2. The molecule has 0 saturated carbocycles. The lowest BCUT2D eigenvalue weighted by atomic mass is 10.2. The summed E-state index contributed by atoms with van der Waals surface area (Å²) in [4.78, 5) is 12.1. The van der Waals surface area contributed by atoms with Gasteiger partial charge in [-0.1, -0.05) is 0 Å². The van der Waals surface area contributed by atoms with Crippen LogP contribution in [0.1, 0.15) is 15.9 Å². The van der Waals surface area contributed by atoms with E-state index in [2.05, 4.69) is 33.1 Å². The van der Waals surface area contributed by atoms with Gasteiger partial charge in [0, 0.05) is 14.7 Å². The molecule has 0 fully saturated rings. The molecule has 0 aliphatic carbocycles. The summed E-state index contributed by atoms with van der Waals surface area (Å²) in [6, 6.07) is 10.1. The predicted molar refractivity (Wildman–Crippen MR) is 93.3 cm³/mol. The third-order valence-electron chi connectivity index (χ3n) is 3.16. The van der Waals surface area contributed by atoms with Crippen LogP contribution in [-0.4, -0.2) is 30.4 Å². The number of rotatable bonds is 3. The molecule has 0 saturated heterocycles. The van der Waals surface area contributed by atoms with E-state index in [9.17, 15) is 9.90 Å². The molecule has 7 heteroatoms. The first-order valence-electron chi connectivity index (χ1n) is 6.85. The Balaban J connectivity index is 1.69. The number of hydrogen-bond donors (Lipinski definition) is 2. The molecule has 0 unspecified atom stereocenters. The van der Waals surface area contributed by atoms with E-state index in [1.54, 1.807) is 36.4 Å². The highest BCUT2D eigenvalue weighted by Crippen LogP contribution is 2.30. The number of ether oxygens (including phenoxy) is 2. The van der Waals surface area contributed by atoms with Crippen LogP contribution in [0.25, 0.3) is 0 Å². The van der Waals surface area contributed by atoms with Crippen molar-refractivity contribution in [2.75, 3.05) is 13.2 Å². The van der Waals surface area contributed by atoms with E-state index in [0.29, 0.717) is 35.8 Å². The lowest BCUT2D eigenvalue weighted by Gasteiger charge is -2.18. The van der Waals surface area contributed by atoms with E-state index in [1.807, 2.05) is 0 Å². The van der Waals surface area contributed by atoms with Gasteiger partial charge in [0.1, 0.15) is 19.0 Å². The maximum absolute atomic E-state index is 12.1. The molecule has 6 nitrogen and oxygen atoms in total. The molecule has 0 bridgehead atoms. The van der Waals surface area contributed by atoms with Gasteiger partial charge in [-0.2, -0.15) is 5.10 Å². The normalized spacial score (nSPS) is 13.1. The Morgan fingerprint density at radius 1 is 1.17 bits per heavy atom. The SMILES string of the molecule is O=C(NN=Cc1cc(I)ccc1O)c1ccc2c(c1)OCCO2. The van der Waals surface area contributed by atoms with Crippen LogP contribution in [0.5, 0.6) is 17.2 Å². The van der Waals surface area contributed by atoms with E-state index >= 15 is 0 Å². The average molecular weight is 424 g/mol. The van der Waals surface area contributed by atoms with Crippen LogP contribution < -0.4 is 14.9 Å². The van der Waals surface area contributed by atoms with Crippen LogP contribution in [0.15, 0.2) is 41.5 Å². The number of hydrogen-bond acceptors (Lipinski definition) is 5. The Morgan fingerprint density at radius 3 is 2.78 bits per heavy atom. The largest absolute Gasteiger partial charge is 0.507 e. The first-order chi connectivity index (χ1) is 11.1. The zero-order chi connectivity index (χ0) is 16.2.